The maximum Gasteiger partial charge on any atom is 0.169 e. The van der Waals surface area contributed by atoms with Gasteiger partial charge in [-0.3, -0.25) is 9.97 Å². The van der Waals surface area contributed by atoms with Crippen LogP contribution < -0.4 is 13.9 Å². The molecular weight excluding hydrogens is 546 g/mol. The van der Waals surface area contributed by atoms with Gasteiger partial charge in [0.25, 0.3) is 0 Å². The number of ether oxygens (including phenoxy) is 1. The molecule has 0 unspecified atom stereocenters. The van der Waals surface area contributed by atoms with Gasteiger partial charge in [0.2, 0.25) is 0 Å². The fourth-order valence-corrected chi connectivity index (χ4v) is 5.18. The Bertz CT molecular complexity index is 1470. The highest BCUT2D eigenvalue weighted by Crippen LogP contribution is 2.26. The van der Waals surface area contributed by atoms with E-state index in [1.54, 1.807) is 12.4 Å². The molecule has 0 atom stereocenters. The zero-order chi connectivity index (χ0) is 30.2. The van der Waals surface area contributed by atoms with Gasteiger partial charge < -0.3 is 9.84 Å². The van der Waals surface area contributed by atoms with Crippen LogP contribution in [0.25, 0.3) is 33.9 Å². The Balaban J connectivity index is 1.04. The van der Waals surface area contributed by atoms with Gasteiger partial charge in [-0.25, -0.2) is 14.1 Å². The van der Waals surface area contributed by atoms with Crippen LogP contribution in [0.2, 0.25) is 0 Å². The number of unbranched alkanes of at least 4 members (excludes halogenated alkanes) is 6. The minimum absolute atomic E-state index is 0.298. The molecule has 0 aliphatic carbocycles. The molecule has 5 rings (SSSR count). The van der Waals surface area contributed by atoms with E-state index < -0.39 is 0 Å². The average molecular weight is 590 g/mol. The van der Waals surface area contributed by atoms with Crippen molar-refractivity contribution < 1.29 is 19.0 Å². The van der Waals surface area contributed by atoms with Crippen LogP contribution >= 0.6 is 0 Å². The van der Waals surface area contributed by atoms with Crippen LogP contribution in [-0.4, -0.2) is 33.3 Å². The maximum atomic E-state index is 8.90. The molecular formula is C37H43N5O2+2. The van der Waals surface area contributed by atoms with E-state index in [1.165, 1.54) is 11.1 Å². The van der Waals surface area contributed by atoms with Crippen molar-refractivity contribution in [3.8, 4) is 39.7 Å². The lowest BCUT2D eigenvalue weighted by molar-refractivity contribution is -0.697. The predicted octanol–water partition coefficient (Wildman–Crippen LogP) is 6.64. The second kappa shape index (κ2) is 17.0. The Morgan fingerprint density at radius 2 is 1.05 bits per heavy atom. The Hall–Kier alpha value is -4.49. The first-order valence-electron chi connectivity index (χ1n) is 15.9. The summed E-state index contributed by atoms with van der Waals surface area (Å²) in [6, 6.07) is 24.4. The quantitative estimate of drug-likeness (QED) is 0.0972. The Kier molecular flexibility index (Phi) is 11.9. The number of aliphatic hydroxyl groups is 1. The zero-order valence-electron chi connectivity index (χ0n) is 25.5. The topological polar surface area (TPSA) is 75.9 Å². The van der Waals surface area contributed by atoms with E-state index in [1.807, 2.05) is 48.5 Å². The average Bonchev–Trinajstić information content (AvgIpc) is 3.09. The Morgan fingerprint density at radius 3 is 1.52 bits per heavy atom. The number of aryl methyl sites for hydroxylation is 2. The fourth-order valence-electron chi connectivity index (χ4n) is 5.18. The third-order valence-corrected chi connectivity index (χ3v) is 7.67. The molecule has 0 bridgehead atoms. The van der Waals surface area contributed by atoms with Crippen molar-refractivity contribution in [2.75, 3.05) is 13.2 Å². The van der Waals surface area contributed by atoms with Crippen LogP contribution in [0.3, 0.4) is 0 Å². The number of pyridine rings is 5. The normalized spacial score (nSPS) is 11.0. The van der Waals surface area contributed by atoms with E-state index in [4.69, 9.17) is 14.8 Å². The Labute approximate surface area is 260 Å². The molecule has 0 amide bonds. The SMILES string of the molecule is OCCCCCC[n+]1ccc(-c2cc[n+](CCCCCCOc3cc(-c4ccccn4)nc(-c4ccccn4)c3)cc2)cc1. The summed E-state index contributed by atoms with van der Waals surface area (Å²) in [4.78, 5) is 13.7. The largest absolute Gasteiger partial charge is 0.493 e. The van der Waals surface area contributed by atoms with Gasteiger partial charge in [-0.05, 0) is 67.5 Å². The summed E-state index contributed by atoms with van der Waals surface area (Å²) in [5.41, 5.74) is 5.67. The van der Waals surface area contributed by atoms with E-state index >= 15 is 0 Å². The molecule has 44 heavy (non-hydrogen) atoms. The molecule has 0 fully saturated rings. The molecule has 1 N–H and O–H groups in total. The van der Waals surface area contributed by atoms with Crippen LogP contribution in [0.15, 0.2) is 110 Å². The molecule has 0 saturated heterocycles. The van der Waals surface area contributed by atoms with E-state index in [2.05, 4.69) is 68.2 Å². The van der Waals surface area contributed by atoms with E-state index in [-0.39, 0.29) is 0 Å². The molecule has 0 radical (unpaired) electrons. The van der Waals surface area contributed by atoms with Gasteiger partial charge in [0.15, 0.2) is 24.8 Å². The molecule has 0 aliphatic rings. The fraction of sp³-hybridized carbons (Fsp3) is 0.324. The summed E-state index contributed by atoms with van der Waals surface area (Å²) in [7, 11) is 0. The summed E-state index contributed by atoms with van der Waals surface area (Å²) in [6.07, 6.45) is 21.0. The number of hydrogen-bond donors (Lipinski definition) is 1. The summed E-state index contributed by atoms with van der Waals surface area (Å²) in [6.45, 7) is 3.00. The zero-order valence-corrected chi connectivity index (χ0v) is 25.5. The lowest BCUT2D eigenvalue weighted by atomic mass is 10.1. The second-order valence-corrected chi connectivity index (χ2v) is 11.1. The van der Waals surface area contributed by atoms with Crippen LogP contribution in [0.5, 0.6) is 5.75 Å². The van der Waals surface area contributed by atoms with Crippen molar-refractivity contribution in [2.45, 2.75) is 64.5 Å². The molecule has 0 aliphatic heterocycles. The maximum absolute atomic E-state index is 8.90. The summed E-state index contributed by atoms with van der Waals surface area (Å²) >= 11 is 0. The van der Waals surface area contributed by atoms with Gasteiger partial charge in [0.05, 0.1) is 29.4 Å². The molecule has 5 aromatic rings. The first-order chi connectivity index (χ1) is 21.8. The van der Waals surface area contributed by atoms with Crippen molar-refractivity contribution in [2.24, 2.45) is 0 Å². The van der Waals surface area contributed by atoms with Crippen LogP contribution in [0.4, 0.5) is 0 Å². The molecule has 7 nitrogen and oxygen atoms in total. The highest BCUT2D eigenvalue weighted by Gasteiger charge is 2.10. The van der Waals surface area contributed by atoms with Gasteiger partial charge in [-0.15, -0.1) is 0 Å². The lowest BCUT2D eigenvalue weighted by Gasteiger charge is -2.10. The molecule has 226 valence electrons. The molecule has 0 spiro atoms. The van der Waals surface area contributed by atoms with Crippen molar-refractivity contribution in [3.05, 3.63) is 110 Å². The van der Waals surface area contributed by atoms with Gasteiger partial charge in [0, 0.05) is 68.2 Å². The predicted molar refractivity (Wildman–Crippen MR) is 172 cm³/mol. The smallest absolute Gasteiger partial charge is 0.169 e. The standard InChI is InChI=1S/C37H43N5O2/c43-27-11-3-1-9-21-41-23-15-31(16-24-41)32-17-25-42(26-18-32)22-10-2-4-12-28-44-33-29-36(34-13-5-7-19-38-34)40-37(30-33)35-14-6-8-20-39-35/h5-8,13-20,23-26,29-30,43H,1-4,9-12,21-22,27-28H2/q+2. The number of nitrogens with zero attached hydrogens (tertiary/aromatic N) is 5. The molecule has 0 aromatic carbocycles. The van der Waals surface area contributed by atoms with Crippen LogP contribution in [-0.2, 0) is 13.1 Å². The first kappa shape index (κ1) is 31.0. The number of hydrogen-bond acceptors (Lipinski definition) is 5. The second-order valence-electron chi connectivity index (χ2n) is 11.1. The van der Waals surface area contributed by atoms with Gasteiger partial charge in [-0.1, -0.05) is 18.6 Å². The van der Waals surface area contributed by atoms with Crippen LogP contribution in [0.1, 0.15) is 51.4 Å². The monoisotopic (exact) mass is 589 g/mol. The summed E-state index contributed by atoms with van der Waals surface area (Å²) in [5, 5.41) is 8.90. The van der Waals surface area contributed by atoms with Crippen molar-refractivity contribution in [1.82, 2.24) is 15.0 Å². The molecule has 5 aromatic heterocycles. The van der Waals surface area contributed by atoms with Gasteiger partial charge >= 0.3 is 0 Å². The number of aromatic nitrogens is 5. The number of aliphatic hydroxyl groups excluding tert-OH is 1. The van der Waals surface area contributed by atoms with Crippen molar-refractivity contribution in [1.29, 1.82) is 0 Å². The highest BCUT2D eigenvalue weighted by atomic mass is 16.5. The summed E-state index contributed by atoms with van der Waals surface area (Å²) < 4.78 is 10.7. The van der Waals surface area contributed by atoms with E-state index in [0.29, 0.717) is 13.2 Å². The number of rotatable bonds is 17. The molecule has 5 heterocycles. The third kappa shape index (κ3) is 9.51. The van der Waals surface area contributed by atoms with E-state index in [9.17, 15) is 0 Å². The Morgan fingerprint density at radius 1 is 0.545 bits per heavy atom. The molecule has 0 saturated carbocycles. The first-order valence-corrected chi connectivity index (χ1v) is 15.9. The highest BCUT2D eigenvalue weighted by molar-refractivity contribution is 5.64. The minimum Gasteiger partial charge on any atom is -0.493 e. The summed E-state index contributed by atoms with van der Waals surface area (Å²) in [5.74, 6) is 0.791. The van der Waals surface area contributed by atoms with Gasteiger partial charge in [0.1, 0.15) is 18.8 Å². The van der Waals surface area contributed by atoms with Crippen LogP contribution in [0, 0.1) is 0 Å². The minimum atomic E-state index is 0.298. The van der Waals surface area contributed by atoms with Crippen molar-refractivity contribution >= 4 is 0 Å². The third-order valence-electron chi connectivity index (χ3n) is 7.67. The molecule has 7 heteroatoms. The van der Waals surface area contributed by atoms with E-state index in [0.717, 1.165) is 93.0 Å². The van der Waals surface area contributed by atoms with Crippen molar-refractivity contribution in [3.63, 3.8) is 0 Å². The van der Waals surface area contributed by atoms with Gasteiger partial charge in [-0.2, -0.15) is 0 Å². The lowest BCUT2D eigenvalue weighted by Crippen LogP contribution is -2.33.